The van der Waals surface area contributed by atoms with Crippen LogP contribution >= 0.6 is 0 Å². The predicted molar refractivity (Wildman–Crippen MR) is 97.3 cm³/mol. The minimum atomic E-state index is -0.897. The van der Waals surface area contributed by atoms with Gasteiger partial charge in [-0.15, -0.1) is 10.2 Å². The number of aromatic hydroxyl groups is 1. The van der Waals surface area contributed by atoms with Crippen molar-refractivity contribution in [1.29, 1.82) is 0 Å². The number of pyridine rings is 2. The van der Waals surface area contributed by atoms with Crippen LogP contribution in [0.3, 0.4) is 0 Å². The average Bonchev–Trinajstić information content (AvgIpc) is 3.36. The van der Waals surface area contributed by atoms with Gasteiger partial charge in [-0.25, -0.2) is 0 Å². The summed E-state index contributed by atoms with van der Waals surface area (Å²) in [6.45, 7) is 1.04. The molecule has 11 nitrogen and oxygen atoms in total. The summed E-state index contributed by atoms with van der Waals surface area (Å²) in [5.74, 6) is -1.42. The summed E-state index contributed by atoms with van der Waals surface area (Å²) in [6, 6.07) is 5.40. The van der Waals surface area contributed by atoms with Gasteiger partial charge < -0.3 is 24.6 Å². The molecule has 0 radical (unpaired) electrons. The van der Waals surface area contributed by atoms with E-state index in [1.165, 1.54) is 15.7 Å². The summed E-state index contributed by atoms with van der Waals surface area (Å²) >= 11 is 0. The Balaban J connectivity index is 1.44. The molecule has 0 aromatic carbocycles. The van der Waals surface area contributed by atoms with Crippen LogP contribution < -0.4 is 10.7 Å². The van der Waals surface area contributed by atoms with Gasteiger partial charge in [0.25, 0.3) is 11.8 Å². The SMILES string of the molecule is O=C(NCc1nnc2ccccn12)c1cn2c(c(O)c1=O)C(=O)N1CCOC1C2. The van der Waals surface area contributed by atoms with Gasteiger partial charge in [0.05, 0.1) is 19.7 Å². The highest BCUT2D eigenvalue weighted by atomic mass is 16.5. The first-order valence-electron chi connectivity index (χ1n) is 9.00. The van der Waals surface area contributed by atoms with E-state index in [1.807, 2.05) is 6.07 Å². The highest BCUT2D eigenvalue weighted by Crippen LogP contribution is 2.26. The summed E-state index contributed by atoms with van der Waals surface area (Å²) in [5.41, 5.74) is -0.661. The molecule has 1 atom stereocenters. The van der Waals surface area contributed by atoms with Crippen LogP contribution in [0.5, 0.6) is 5.75 Å². The van der Waals surface area contributed by atoms with E-state index in [0.717, 1.165) is 0 Å². The van der Waals surface area contributed by atoms with E-state index < -0.39 is 29.2 Å². The molecule has 5 heterocycles. The molecule has 2 aliphatic rings. The molecule has 11 heteroatoms. The lowest BCUT2D eigenvalue weighted by atomic mass is 10.1. The van der Waals surface area contributed by atoms with Gasteiger partial charge in [-0.2, -0.15) is 0 Å². The number of fused-ring (bicyclic) bond motifs is 3. The zero-order chi connectivity index (χ0) is 20.1. The largest absolute Gasteiger partial charge is 0.503 e. The first-order chi connectivity index (χ1) is 14.0. The van der Waals surface area contributed by atoms with E-state index in [9.17, 15) is 19.5 Å². The van der Waals surface area contributed by atoms with E-state index in [4.69, 9.17) is 4.74 Å². The van der Waals surface area contributed by atoms with Gasteiger partial charge in [-0.05, 0) is 12.1 Å². The maximum atomic E-state index is 12.6. The molecule has 1 saturated heterocycles. The molecule has 29 heavy (non-hydrogen) atoms. The standard InChI is InChI=1S/C18H16N6O5/c25-15-10(17(27)19-7-12-21-20-11-3-1-2-4-23(11)12)8-22-9-13-24(5-6-29-13)18(28)14(22)16(15)26/h1-4,8,13,26H,5-7,9H2,(H,19,27). The number of rotatable bonds is 3. The molecule has 3 aromatic rings. The molecule has 0 bridgehead atoms. The number of hydrogen-bond acceptors (Lipinski definition) is 7. The second-order valence-corrected chi connectivity index (χ2v) is 6.77. The third-order valence-electron chi connectivity index (χ3n) is 5.10. The van der Waals surface area contributed by atoms with E-state index in [1.54, 1.807) is 22.7 Å². The first-order valence-corrected chi connectivity index (χ1v) is 9.00. The molecule has 1 fully saturated rings. The van der Waals surface area contributed by atoms with Gasteiger partial charge in [0.2, 0.25) is 5.43 Å². The van der Waals surface area contributed by atoms with E-state index in [0.29, 0.717) is 24.6 Å². The van der Waals surface area contributed by atoms with Crippen LogP contribution in [0.4, 0.5) is 0 Å². The number of aromatic nitrogens is 4. The van der Waals surface area contributed by atoms with Crippen molar-refractivity contribution in [2.75, 3.05) is 13.2 Å². The number of hydrogen-bond donors (Lipinski definition) is 2. The van der Waals surface area contributed by atoms with Crippen molar-refractivity contribution in [3.05, 3.63) is 57.9 Å². The number of ether oxygens (including phenoxy) is 1. The Hall–Kier alpha value is -3.73. The smallest absolute Gasteiger partial charge is 0.276 e. The van der Waals surface area contributed by atoms with E-state index in [2.05, 4.69) is 15.5 Å². The quantitative estimate of drug-likeness (QED) is 0.601. The Labute approximate surface area is 163 Å². The lowest BCUT2D eigenvalue weighted by molar-refractivity contribution is 0.00845. The maximum Gasteiger partial charge on any atom is 0.276 e. The van der Waals surface area contributed by atoms with Crippen molar-refractivity contribution in [3.8, 4) is 5.75 Å². The average molecular weight is 396 g/mol. The fourth-order valence-corrected chi connectivity index (χ4v) is 3.65. The number of carbonyl (C=O) groups excluding carboxylic acids is 2. The second-order valence-electron chi connectivity index (χ2n) is 6.77. The van der Waals surface area contributed by atoms with Crippen LogP contribution in [-0.4, -0.2) is 60.4 Å². The molecule has 2 N–H and O–H groups in total. The van der Waals surface area contributed by atoms with Gasteiger partial charge in [0.15, 0.2) is 29.1 Å². The van der Waals surface area contributed by atoms with Crippen LogP contribution in [0, 0.1) is 0 Å². The molecule has 2 amide bonds. The molecule has 148 valence electrons. The summed E-state index contributed by atoms with van der Waals surface area (Å²) in [7, 11) is 0. The third kappa shape index (κ3) is 2.66. The highest BCUT2D eigenvalue weighted by molar-refractivity contribution is 5.99. The molecule has 1 unspecified atom stereocenters. The van der Waals surface area contributed by atoms with Crippen molar-refractivity contribution in [2.45, 2.75) is 19.3 Å². The van der Waals surface area contributed by atoms with Crippen LogP contribution in [0.15, 0.2) is 35.4 Å². The van der Waals surface area contributed by atoms with Crippen LogP contribution in [-0.2, 0) is 17.8 Å². The molecule has 2 aliphatic heterocycles. The molecule has 0 aliphatic carbocycles. The fourth-order valence-electron chi connectivity index (χ4n) is 3.65. The highest BCUT2D eigenvalue weighted by Gasteiger charge is 2.39. The Morgan fingerprint density at radius 2 is 2.17 bits per heavy atom. The van der Waals surface area contributed by atoms with Gasteiger partial charge in [-0.1, -0.05) is 6.07 Å². The van der Waals surface area contributed by atoms with E-state index >= 15 is 0 Å². The van der Waals surface area contributed by atoms with Crippen LogP contribution in [0.2, 0.25) is 0 Å². The lowest BCUT2D eigenvalue weighted by Gasteiger charge is -2.31. The van der Waals surface area contributed by atoms with Gasteiger partial charge in [0.1, 0.15) is 5.56 Å². The number of nitrogens with one attached hydrogen (secondary N) is 1. The predicted octanol–water partition coefficient (Wildman–Crippen LogP) is -0.661. The number of amides is 2. The number of nitrogens with zero attached hydrogens (tertiary/aromatic N) is 5. The molecular weight excluding hydrogens is 380 g/mol. The fraction of sp³-hybridized carbons (Fsp3) is 0.278. The molecule has 5 rings (SSSR count). The van der Waals surface area contributed by atoms with Crippen molar-refractivity contribution >= 4 is 17.5 Å². The van der Waals surface area contributed by atoms with Crippen molar-refractivity contribution in [1.82, 2.24) is 29.4 Å². The Morgan fingerprint density at radius 3 is 3.03 bits per heavy atom. The zero-order valence-electron chi connectivity index (χ0n) is 15.1. The van der Waals surface area contributed by atoms with Crippen molar-refractivity contribution < 1.29 is 19.4 Å². The monoisotopic (exact) mass is 396 g/mol. The second kappa shape index (κ2) is 6.41. The van der Waals surface area contributed by atoms with Crippen molar-refractivity contribution in [2.24, 2.45) is 0 Å². The van der Waals surface area contributed by atoms with Gasteiger partial charge >= 0.3 is 0 Å². The first kappa shape index (κ1) is 17.4. The van der Waals surface area contributed by atoms with Crippen LogP contribution in [0.25, 0.3) is 5.65 Å². The summed E-state index contributed by atoms with van der Waals surface area (Å²) in [4.78, 5) is 39.2. The molecule has 0 saturated carbocycles. The summed E-state index contributed by atoms with van der Waals surface area (Å²) < 4.78 is 8.60. The van der Waals surface area contributed by atoms with Gasteiger partial charge in [0, 0.05) is 18.9 Å². The van der Waals surface area contributed by atoms with Gasteiger partial charge in [-0.3, -0.25) is 18.8 Å². The van der Waals surface area contributed by atoms with Crippen LogP contribution in [0.1, 0.15) is 26.7 Å². The molecule has 0 spiro atoms. The Morgan fingerprint density at radius 1 is 1.31 bits per heavy atom. The Kier molecular flexibility index (Phi) is 3.84. The summed E-state index contributed by atoms with van der Waals surface area (Å²) in [6.07, 6.45) is 2.57. The summed E-state index contributed by atoms with van der Waals surface area (Å²) in [5, 5.41) is 21.0. The van der Waals surface area contributed by atoms with Crippen molar-refractivity contribution in [3.63, 3.8) is 0 Å². The third-order valence-corrected chi connectivity index (χ3v) is 5.10. The minimum Gasteiger partial charge on any atom is -0.503 e. The van der Waals surface area contributed by atoms with E-state index in [-0.39, 0.29) is 24.3 Å². The normalized spacial score (nSPS) is 18.0. The maximum absolute atomic E-state index is 12.6. The zero-order valence-corrected chi connectivity index (χ0v) is 15.1. The Bertz CT molecular complexity index is 1220. The molecule has 3 aromatic heterocycles. The number of carbonyl (C=O) groups is 2. The molecular formula is C18H16N6O5. The topological polar surface area (TPSA) is 131 Å². The minimum absolute atomic E-state index is 0.0322. The lowest BCUT2D eigenvalue weighted by Crippen LogP contribution is -2.46.